The van der Waals surface area contributed by atoms with Crippen LogP contribution in [-0.4, -0.2) is 45.2 Å². The summed E-state index contributed by atoms with van der Waals surface area (Å²) in [7, 11) is 3.00. The Bertz CT molecular complexity index is 1050. The minimum Gasteiger partial charge on any atom is -0.504 e. The van der Waals surface area contributed by atoms with Gasteiger partial charge in [-0.15, -0.1) is 10.2 Å². The first kappa shape index (κ1) is 17.8. The van der Waals surface area contributed by atoms with Crippen LogP contribution in [-0.2, 0) is 4.79 Å². The number of anilines is 1. The van der Waals surface area contributed by atoms with E-state index in [2.05, 4.69) is 20.6 Å². The van der Waals surface area contributed by atoms with Crippen LogP contribution in [0.15, 0.2) is 30.3 Å². The van der Waals surface area contributed by atoms with Crippen molar-refractivity contribution in [2.45, 2.75) is 19.3 Å². The van der Waals surface area contributed by atoms with E-state index in [1.807, 2.05) is 13.0 Å². The van der Waals surface area contributed by atoms with Crippen molar-refractivity contribution in [2.24, 2.45) is 0 Å². The van der Waals surface area contributed by atoms with Gasteiger partial charge in [0, 0.05) is 24.0 Å². The van der Waals surface area contributed by atoms with E-state index >= 15 is 0 Å². The summed E-state index contributed by atoms with van der Waals surface area (Å²) in [6, 6.07) is 8.54. The van der Waals surface area contributed by atoms with E-state index in [9.17, 15) is 9.90 Å². The predicted octanol–water partition coefficient (Wildman–Crippen LogP) is 2.17. The molecule has 3 aromatic rings. The molecule has 9 heteroatoms. The van der Waals surface area contributed by atoms with Gasteiger partial charge in [-0.1, -0.05) is 6.07 Å². The van der Waals surface area contributed by atoms with Gasteiger partial charge in [-0.25, -0.2) is 0 Å². The fourth-order valence-corrected chi connectivity index (χ4v) is 3.46. The predicted molar refractivity (Wildman–Crippen MR) is 100 cm³/mol. The van der Waals surface area contributed by atoms with E-state index in [1.54, 1.807) is 28.9 Å². The average Bonchev–Trinajstić information content (AvgIpc) is 3.03. The standard InChI is InChI=1S/C19H19N5O4/c1-10-18-12(11-4-5-14(27-2)13(25)8-11)9-16(26)20-19(18)24(23-10)15-6-7-17(28-3)22-21-15/h4-8,12,25H,9H2,1-3H3,(H,20,26). The number of hydrogen-bond donors (Lipinski definition) is 2. The Morgan fingerprint density at radius 1 is 1.18 bits per heavy atom. The lowest BCUT2D eigenvalue weighted by atomic mass is 9.85. The molecule has 28 heavy (non-hydrogen) atoms. The Kier molecular flexibility index (Phi) is 4.34. The van der Waals surface area contributed by atoms with Crippen LogP contribution in [0.1, 0.15) is 29.2 Å². The lowest BCUT2D eigenvalue weighted by Gasteiger charge is -2.24. The molecule has 0 aliphatic carbocycles. The number of ether oxygens (including phenoxy) is 2. The maximum absolute atomic E-state index is 12.4. The first-order valence-electron chi connectivity index (χ1n) is 8.66. The average molecular weight is 381 g/mol. The first-order valence-corrected chi connectivity index (χ1v) is 8.66. The molecule has 144 valence electrons. The number of nitrogens with one attached hydrogen (secondary N) is 1. The second-order valence-electron chi connectivity index (χ2n) is 6.43. The molecule has 1 amide bonds. The van der Waals surface area contributed by atoms with Gasteiger partial charge in [-0.05, 0) is 30.7 Å². The molecule has 2 N–H and O–H groups in total. The molecule has 0 fully saturated rings. The molecule has 4 rings (SSSR count). The van der Waals surface area contributed by atoms with Crippen LogP contribution in [0, 0.1) is 6.92 Å². The number of nitrogens with zero attached hydrogens (tertiary/aromatic N) is 4. The zero-order valence-corrected chi connectivity index (χ0v) is 15.6. The van der Waals surface area contributed by atoms with E-state index < -0.39 is 0 Å². The van der Waals surface area contributed by atoms with Crippen molar-refractivity contribution in [3.63, 3.8) is 0 Å². The third-order valence-electron chi connectivity index (χ3n) is 4.76. The monoisotopic (exact) mass is 381 g/mol. The molecular weight excluding hydrogens is 362 g/mol. The highest BCUT2D eigenvalue weighted by Crippen LogP contribution is 2.42. The van der Waals surface area contributed by atoms with Crippen molar-refractivity contribution < 1.29 is 19.4 Å². The highest BCUT2D eigenvalue weighted by Gasteiger charge is 2.33. The number of aryl methyl sites for hydroxylation is 1. The summed E-state index contributed by atoms with van der Waals surface area (Å²) in [5.74, 6) is 1.41. The number of carbonyl (C=O) groups excluding carboxylic acids is 1. The van der Waals surface area contributed by atoms with Crippen molar-refractivity contribution in [1.29, 1.82) is 0 Å². The first-order chi connectivity index (χ1) is 13.5. The minimum atomic E-state index is -0.250. The summed E-state index contributed by atoms with van der Waals surface area (Å²) in [5.41, 5.74) is 2.44. The minimum absolute atomic E-state index is 0.0265. The zero-order chi connectivity index (χ0) is 19.8. The Balaban J connectivity index is 1.81. The maximum atomic E-state index is 12.4. The number of carbonyl (C=O) groups is 1. The van der Waals surface area contributed by atoms with Gasteiger partial charge in [-0.2, -0.15) is 9.78 Å². The molecule has 1 atom stereocenters. The van der Waals surface area contributed by atoms with Crippen LogP contribution in [0.3, 0.4) is 0 Å². The smallest absolute Gasteiger partial charge is 0.233 e. The summed E-state index contributed by atoms with van der Waals surface area (Å²) < 4.78 is 11.7. The van der Waals surface area contributed by atoms with Gasteiger partial charge >= 0.3 is 0 Å². The second kappa shape index (κ2) is 6.84. The zero-order valence-electron chi connectivity index (χ0n) is 15.6. The Morgan fingerprint density at radius 3 is 2.64 bits per heavy atom. The highest BCUT2D eigenvalue weighted by molar-refractivity contribution is 5.95. The molecule has 0 spiro atoms. The summed E-state index contributed by atoms with van der Waals surface area (Å²) in [6.45, 7) is 1.88. The number of aromatic hydroxyl groups is 1. The number of fused-ring (bicyclic) bond motifs is 1. The fourth-order valence-electron chi connectivity index (χ4n) is 3.46. The topological polar surface area (TPSA) is 111 Å². The molecule has 2 aromatic heterocycles. The van der Waals surface area contributed by atoms with Gasteiger partial charge in [0.1, 0.15) is 5.82 Å². The fraction of sp³-hybridized carbons (Fsp3) is 0.263. The summed E-state index contributed by atoms with van der Waals surface area (Å²) >= 11 is 0. The van der Waals surface area contributed by atoms with Gasteiger partial charge in [0.2, 0.25) is 11.8 Å². The quantitative estimate of drug-likeness (QED) is 0.712. The summed E-state index contributed by atoms with van der Waals surface area (Å²) in [4.78, 5) is 12.4. The van der Waals surface area contributed by atoms with Crippen LogP contribution in [0.25, 0.3) is 5.82 Å². The molecule has 1 unspecified atom stereocenters. The third-order valence-corrected chi connectivity index (χ3v) is 4.76. The molecule has 0 radical (unpaired) electrons. The molecule has 1 aromatic carbocycles. The van der Waals surface area contributed by atoms with Crippen LogP contribution >= 0.6 is 0 Å². The van der Waals surface area contributed by atoms with Crippen LogP contribution in [0.4, 0.5) is 5.82 Å². The SMILES string of the molecule is COc1ccc(-n2nc(C)c3c2NC(=O)CC3c2ccc(OC)c(O)c2)nn1. The van der Waals surface area contributed by atoms with Gasteiger partial charge in [0.15, 0.2) is 17.3 Å². The molecule has 0 saturated carbocycles. The maximum Gasteiger partial charge on any atom is 0.233 e. The Labute approximate surface area is 160 Å². The molecule has 0 saturated heterocycles. The summed E-state index contributed by atoms with van der Waals surface area (Å²) in [5, 5.41) is 25.7. The largest absolute Gasteiger partial charge is 0.504 e. The molecule has 3 heterocycles. The van der Waals surface area contributed by atoms with Crippen molar-refractivity contribution in [1.82, 2.24) is 20.0 Å². The number of phenols is 1. The number of benzene rings is 1. The van der Waals surface area contributed by atoms with E-state index in [0.717, 1.165) is 16.8 Å². The number of hydrogen-bond acceptors (Lipinski definition) is 7. The molecule has 1 aliphatic heterocycles. The van der Waals surface area contributed by atoms with Crippen LogP contribution < -0.4 is 14.8 Å². The van der Waals surface area contributed by atoms with Gasteiger partial charge < -0.3 is 19.9 Å². The van der Waals surface area contributed by atoms with E-state index in [0.29, 0.717) is 23.3 Å². The third kappa shape index (κ3) is 2.90. The number of amides is 1. The lowest BCUT2D eigenvalue weighted by Crippen LogP contribution is -2.25. The van der Waals surface area contributed by atoms with E-state index in [-0.39, 0.29) is 24.0 Å². The van der Waals surface area contributed by atoms with Crippen molar-refractivity contribution in [3.05, 3.63) is 47.2 Å². The number of phenolic OH excluding ortho intramolecular Hbond substituents is 1. The summed E-state index contributed by atoms with van der Waals surface area (Å²) in [6.07, 6.45) is 0.250. The van der Waals surface area contributed by atoms with Crippen LogP contribution in [0.5, 0.6) is 17.4 Å². The molecule has 9 nitrogen and oxygen atoms in total. The molecule has 0 bridgehead atoms. The Hall–Kier alpha value is -3.62. The van der Waals surface area contributed by atoms with Gasteiger partial charge in [-0.3, -0.25) is 4.79 Å². The van der Waals surface area contributed by atoms with Crippen molar-refractivity contribution >= 4 is 11.7 Å². The van der Waals surface area contributed by atoms with Gasteiger partial charge in [0.05, 0.1) is 19.9 Å². The van der Waals surface area contributed by atoms with Crippen molar-refractivity contribution in [3.8, 4) is 23.2 Å². The normalized spacial score (nSPS) is 15.7. The second-order valence-corrected chi connectivity index (χ2v) is 6.43. The van der Waals surface area contributed by atoms with Gasteiger partial charge in [0.25, 0.3) is 0 Å². The van der Waals surface area contributed by atoms with Crippen LogP contribution in [0.2, 0.25) is 0 Å². The molecular formula is C19H19N5O4. The number of rotatable bonds is 4. The number of aromatic nitrogens is 4. The Morgan fingerprint density at radius 2 is 2.00 bits per heavy atom. The van der Waals surface area contributed by atoms with E-state index in [1.165, 1.54) is 14.2 Å². The van der Waals surface area contributed by atoms with Crippen molar-refractivity contribution in [2.75, 3.05) is 19.5 Å². The lowest BCUT2D eigenvalue weighted by molar-refractivity contribution is -0.116. The molecule has 1 aliphatic rings. The highest BCUT2D eigenvalue weighted by atomic mass is 16.5. The number of methoxy groups -OCH3 is 2. The van der Waals surface area contributed by atoms with E-state index in [4.69, 9.17) is 9.47 Å².